The summed E-state index contributed by atoms with van der Waals surface area (Å²) >= 11 is 0. The number of ether oxygens (including phenoxy) is 1. The van der Waals surface area contributed by atoms with Crippen LogP contribution in [0, 0.1) is 0 Å². The van der Waals surface area contributed by atoms with Crippen LogP contribution in [0.4, 0.5) is 0 Å². The molecule has 0 bridgehead atoms. The Morgan fingerprint density at radius 3 is 2.68 bits per heavy atom. The summed E-state index contributed by atoms with van der Waals surface area (Å²) in [6, 6.07) is -2.10. The monoisotopic (exact) mass is 272 g/mol. The molecule has 1 fully saturated rings. The van der Waals surface area contributed by atoms with E-state index >= 15 is 0 Å². The van der Waals surface area contributed by atoms with Crippen molar-refractivity contribution in [3.05, 3.63) is 0 Å². The number of carboxylic acids is 1. The van der Waals surface area contributed by atoms with Crippen molar-refractivity contribution < 1.29 is 29.0 Å². The fourth-order valence-corrected chi connectivity index (χ4v) is 1.67. The zero-order valence-electron chi connectivity index (χ0n) is 10.5. The fourth-order valence-electron chi connectivity index (χ4n) is 1.67. The zero-order chi connectivity index (χ0) is 14.4. The minimum absolute atomic E-state index is 0.137. The van der Waals surface area contributed by atoms with Gasteiger partial charge < -0.3 is 20.5 Å². The summed E-state index contributed by atoms with van der Waals surface area (Å²) < 4.78 is 4.62. The molecular weight excluding hydrogens is 256 g/mol. The number of aliphatic carboxylic acids is 1. The van der Waals surface area contributed by atoms with Gasteiger partial charge in [0, 0.05) is 6.42 Å². The Morgan fingerprint density at radius 1 is 1.53 bits per heavy atom. The lowest BCUT2D eigenvalue weighted by Gasteiger charge is -2.16. The Hall–Kier alpha value is -2.12. The first-order chi connectivity index (χ1) is 8.93. The van der Waals surface area contributed by atoms with Crippen molar-refractivity contribution in [2.45, 2.75) is 38.3 Å². The van der Waals surface area contributed by atoms with Crippen molar-refractivity contribution in [2.75, 3.05) is 6.61 Å². The molecule has 0 unspecified atom stereocenters. The number of esters is 1. The van der Waals surface area contributed by atoms with E-state index in [-0.39, 0.29) is 18.9 Å². The van der Waals surface area contributed by atoms with Crippen molar-refractivity contribution in [1.82, 2.24) is 10.6 Å². The summed E-state index contributed by atoms with van der Waals surface area (Å²) in [6.45, 7) is 1.73. The first-order valence-electron chi connectivity index (χ1n) is 5.92. The van der Waals surface area contributed by atoms with Gasteiger partial charge in [0.15, 0.2) is 0 Å². The second-order valence-electron chi connectivity index (χ2n) is 4.07. The summed E-state index contributed by atoms with van der Waals surface area (Å²) in [4.78, 5) is 44.8. The van der Waals surface area contributed by atoms with Gasteiger partial charge in [-0.25, -0.2) is 4.79 Å². The highest BCUT2D eigenvalue weighted by atomic mass is 16.5. The van der Waals surface area contributed by atoms with Gasteiger partial charge in [0.25, 0.3) is 0 Å². The normalized spacial score (nSPS) is 19.4. The minimum Gasteiger partial charge on any atom is -0.480 e. The molecule has 3 N–H and O–H groups in total. The highest BCUT2D eigenvalue weighted by Gasteiger charge is 2.31. The van der Waals surface area contributed by atoms with E-state index in [9.17, 15) is 19.2 Å². The second-order valence-corrected chi connectivity index (χ2v) is 4.07. The van der Waals surface area contributed by atoms with Crippen LogP contribution in [0.2, 0.25) is 0 Å². The van der Waals surface area contributed by atoms with E-state index in [1.807, 2.05) is 0 Å². The fraction of sp³-hybridized carbons (Fsp3) is 0.636. The van der Waals surface area contributed by atoms with E-state index in [1.165, 1.54) is 0 Å². The maximum Gasteiger partial charge on any atom is 0.326 e. The first kappa shape index (κ1) is 14.9. The Labute approximate surface area is 109 Å². The molecule has 8 nitrogen and oxygen atoms in total. The van der Waals surface area contributed by atoms with E-state index in [0.29, 0.717) is 6.42 Å². The van der Waals surface area contributed by atoms with Crippen LogP contribution in [0.1, 0.15) is 26.2 Å². The molecule has 1 aliphatic heterocycles. The van der Waals surface area contributed by atoms with Gasteiger partial charge in [0.05, 0.1) is 13.0 Å². The van der Waals surface area contributed by atoms with Crippen molar-refractivity contribution in [3.63, 3.8) is 0 Å². The number of hydrogen-bond donors (Lipinski definition) is 3. The van der Waals surface area contributed by atoms with Crippen LogP contribution in [0.15, 0.2) is 0 Å². The molecular formula is C11H16N2O6. The van der Waals surface area contributed by atoms with Gasteiger partial charge in [0.1, 0.15) is 12.1 Å². The van der Waals surface area contributed by atoms with E-state index in [2.05, 4.69) is 15.4 Å². The van der Waals surface area contributed by atoms with Gasteiger partial charge in [-0.1, -0.05) is 0 Å². The van der Waals surface area contributed by atoms with Gasteiger partial charge in [-0.2, -0.15) is 0 Å². The van der Waals surface area contributed by atoms with Crippen LogP contribution in [0.5, 0.6) is 0 Å². The molecule has 0 spiro atoms. The third kappa shape index (κ3) is 4.57. The lowest BCUT2D eigenvalue weighted by molar-refractivity contribution is -0.150. The molecule has 2 amide bonds. The van der Waals surface area contributed by atoms with Crippen LogP contribution in [0.25, 0.3) is 0 Å². The molecule has 8 heteroatoms. The number of nitrogens with one attached hydrogen (secondary N) is 2. The first-order valence-corrected chi connectivity index (χ1v) is 5.92. The molecule has 0 aliphatic carbocycles. The summed E-state index contributed by atoms with van der Waals surface area (Å²) in [7, 11) is 0. The van der Waals surface area contributed by atoms with E-state index in [0.717, 1.165) is 0 Å². The summed E-state index contributed by atoms with van der Waals surface area (Å²) in [5.74, 6) is -2.89. The molecule has 19 heavy (non-hydrogen) atoms. The maximum absolute atomic E-state index is 11.7. The quantitative estimate of drug-likeness (QED) is 0.521. The largest absolute Gasteiger partial charge is 0.480 e. The highest BCUT2D eigenvalue weighted by molar-refractivity contribution is 5.93. The van der Waals surface area contributed by atoms with Crippen LogP contribution in [-0.2, 0) is 23.9 Å². The highest BCUT2D eigenvalue weighted by Crippen LogP contribution is 2.07. The summed E-state index contributed by atoms with van der Waals surface area (Å²) in [5.41, 5.74) is 0. The lowest BCUT2D eigenvalue weighted by atomic mass is 10.1. The van der Waals surface area contributed by atoms with Crippen molar-refractivity contribution >= 4 is 23.8 Å². The van der Waals surface area contributed by atoms with Gasteiger partial charge in [0.2, 0.25) is 11.8 Å². The molecule has 106 valence electrons. The average molecular weight is 272 g/mol. The van der Waals surface area contributed by atoms with Crippen molar-refractivity contribution in [1.29, 1.82) is 0 Å². The molecule has 0 saturated carbocycles. The standard InChI is InChI=1S/C11H16N2O6/c1-2-19-9(15)5-7(11(17)18)13-10(16)6-3-4-8(14)12-6/h6-7H,2-5H2,1H3,(H,12,14)(H,13,16)(H,17,18)/t6-,7+/m1/s1. The number of carbonyl (C=O) groups is 4. The second kappa shape index (κ2) is 6.72. The third-order valence-electron chi connectivity index (χ3n) is 2.60. The minimum atomic E-state index is -1.36. The number of hydrogen-bond acceptors (Lipinski definition) is 5. The molecule has 1 rings (SSSR count). The predicted octanol–water partition coefficient (Wildman–Crippen LogP) is -1.21. The molecule has 0 aromatic heterocycles. The van der Waals surface area contributed by atoms with Crippen LogP contribution in [0.3, 0.4) is 0 Å². The van der Waals surface area contributed by atoms with Crippen LogP contribution in [-0.4, -0.2) is 47.6 Å². The topological polar surface area (TPSA) is 122 Å². The SMILES string of the molecule is CCOC(=O)C[C@H](NC(=O)[C@H]1CCC(=O)N1)C(=O)O. The van der Waals surface area contributed by atoms with Gasteiger partial charge in [-0.3, -0.25) is 14.4 Å². The molecule has 1 heterocycles. The number of carboxylic acid groups (broad SMARTS) is 1. The molecule has 0 aromatic rings. The predicted molar refractivity (Wildman–Crippen MR) is 62.0 cm³/mol. The number of amides is 2. The molecule has 2 atom stereocenters. The lowest BCUT2D eigenvalue weighted by Crippen LogP contribution is -2.49. The Balaban J connectivity index is 2.53. The molecule has 1 aliphatic rings. The van der Waals surface area contributed by atoms with Gasteiger partial charge in [-0.15, -0.1) is 0 Å². The molecule has 0 aromatic carbocycles. The van der Waals surface area contributed by atoms with Crippen LogP contribution >= 0.6 is 0 Å². The van der Waals surface area contributed by atoms with E-state index in [1.54, 1.807) is 6.92 Å². The Kier molecular flexibility index (Phi) is 5.28. The van der Waals surface area contributed by atoms with Crippen molar-refractivity contribution in [3.8, 4) is 0 Å². The van der Waals surface area contributed by atoms with Crippen LogP contribution < -0.4 is 10.6 Å². The molecule has 1 saturated heterocycles. The van der Waals surface area contributed by atoms with Gasteiger partial charge in [-0.05, 0) is 13.3 Å². The zero-order valence-corrected chi connectivity index (χ0v) is 10.5. The maximum atomic E-state index is 11.7. The van der Waals surface area contributed by atoms with E-state index < -0.39 is 36.4 Å². The average Bonchev–Trinajstić information content (AvgIpc) is 2.75. The molecule has 0 radical (unpaired) electrons. The van der Waals surface area contributed by atoms with Crippen molar-refractivity contribution in [2.24, 2.45) is 0 Å². The van der Waals surface area contributed by atoms with Gasteiger partial charge >= 0.3 is 11.9 Å². The number of rotatable bonds is 6. The Morgan fingerprint density at radius 2 is 2.21 bits per heavy atom. The van der Waals surface area contributed by atoms with E-state index in [4.69, 9.17) is 5.11 Å². The third-order valence-corrected chi connectivity index (χ3v) is 2.60. The number of carbonyl (C=O) groups excluding carboxylic acids is 3. The smallest absolute Gasteiger partial charge is 0.326 e. The summed E-state index contributed by atoms with van der Waals surface area (Å²) in [6.07, 6.45) is 0.0969. The Bertz CT molecular complexity index is 395. The summed E-state index contributed by atoms with van der Waals surface area (Å²) in [5, 5.41) is 13.6.